The van der Waals surface area contributed by atoms with Crippen LogP contribution in [0.2, 0.25) is 0 Å². The van der Waals surface area contributed by atoms with Gasteiger partial charge in [-0.25, -0.2) is 22.9 Å². The molecule has 2 aromatic rings. The average molecular weight is 479 g/mol. The first-order valence-corrected chi connectivity index (χ1v) is 11.3. The SMILES string of the molecule is C[C@@H]1CN2c3c(cc4c(N5C(=O)OC[C@@H]5C(F)F)noc4c3F)CC3(C=NCNC3)[C@H]2[C@H](C)O1. The van der Waals surface area contributed by atoms with Gasteiger partial charge in [0.15, 0.2) is 11.6 Å². The van der Waals surface area contributed by atoms with Crippen LogP contribution in [-0.2, 0) is 15.9 Å². The molecular weight excluding hydrogens is 455 g/mol. The number of amides is 1. The van der Waals surface area contributed by atoms with E-state index in [2.05, 4.69) is 15.5 Å². The second kappa shape index (κ2) is 7.57. The Kier molecular flexibility index (Phi) is 4.82. The third kappa shape index (κ3) is 2.97. The highest BCUT2D eigenvalue weighted by Gasteiger charge is 2.53. The van der Waals surface area contributed by atoms with Crippen LogP contribution in [-0.4, -0.2) is 74.5 Å². The maximum Gasteiger partial charge on any atom is 0.416 e. The van der Waals surface area contributed by atoms with E-state index < -0.39 is 36.4 Å². The molecule has 4 aliphatic rings. The number of halogens is 3. The number of anilines is 2. The molecule has 12 heteroatoms. The molecule has 2 saturated heterocycles. The lowest BCUT2D eigenvalue weighted by Gasteiger charge is -2.56. The van der Waals surface area contributed by atoms with E-state index in [1.54, 1.807) is 6.07 Å². The Morgan fingerprint density at radius 2 is 2.15 bits per heavy atom. The highest BCUT2D eigenvalue weighted by Crippen LogP contribution is 2.48. The van der Waals surface area contributed by atoms with Crippen molar-refractivity contribution in [2.24, 2.45) is 10.4 Å². The molecule has 1 aromatic carbocycles. The van der Waals surface area contributed by atoms with Crippen LogP contribution in [0.25, 0.3) is 11.0 Å². The van der Waals surface area contributed by atoms with Crippen LogP contribution in [0.15, 0.2) is 15.6 Å². The minimum Gasteiger partial charge on any atom is -0.447 e. The van der Waals surface area contributed by atoms with Crippen molar-refractivity contribution in [2.45, 2.75) is 51.0 Å². The van der Waals surface area contributed by atoms with Crippen LogP contribution < -0.4 is 15.1 Å². The molecule has 5 heterocycles. The largest absolute Gasteiger partial charge is 0.447 e. The molecule has 1 amide bonds. The Morgan fingerprint density at radius 3 is 2.88 bits per heavy atom. The molecule has 0 bridgehead atoms. The number of aromatic nitrogens is 1. The number of aliphatic imine (C=N–C) groups is 1. The summed E-state index contributed by atoms with van der Waals surface area (Å²) in [4.78, 5) is 19.5. The van der Waals surface area contributed by atoms with Gasteiger partial charge in [0, 0.05) is 24.7 Å². The van der Waals surface area contributed by atoms with Gasteiger partial charge in [-0.1, -0.05) is 5.16 Å². The molecule has 4 aliphatic heterocycles. The average Bonchev–Trinajstić information content (AvgIpc) is 3.36. The molecule has 5 atom stereocenters. The zero-order chi connectivity index (χ0) is 23.8. The fourth-order valence-corrected chi connectivity index (χ4v) is 6.06. The number of hydrogen-bond donors (Lipinski definition) is 1. The van der Waals surface area contributed by atoms with Crippen molar-refractivity contribution in [1.29, 1.82) is 0 Å². The third-order valence-electron chi connectivity index (χ3n) is 7.25. The van der Waals surface area contributed by atoms with Crippen LogP contribution in [0.4, 0.5) is 29.5 Å². The molecule has 1 aromatic heterocycles. The second-order valence-corrected chi connectivity index (χ2v) is 9.49. The fraction of sp³-hybridized carbons (Fsp3) is 0.591. The van der Waals surface area contributed by atoms with Gasteiger partial charge in [0.1, 0.15) is 12.6 Å². The lowest BCUT2D eigenvalue weighted by Crippen LogP contribution is -2.67. The van der Waals surface area contributed by atoms with Gasteiger partial charge in [-0.2, -0.15) is 0 Å². The Balaban J connectivity index is 1.54. The molecule has 6 rings (SSSR count). The molecule has 1 spiro atoms. The molecule has 1 unspecified atom stereocenters. The van der Waals surface area contributed by atoms with E-state index >= 15 is 4.39 Å². The van der Waals surface area contributed by atoms with Gasteiger partial charge >= 0.3 is 6.09 Å². The van der Waals surface area contributed by atoms with Crippen LogP contribution >= 0.6 is 0 Å². The highest BCUT2D eigenvalue weighted by atomic mass is 19.3. The summed E-state index contributed by atoms with van der Waals surface area (Å²) in [5.74, 6) is -0.797. The van der Waals surface area contributed by atoms with Gasteiger partial charge in [-0.15, -0.1) is 0 Å². The summed E-state index contributed by atoms with van der Waals surface area (Å²) < 4.78 is 59.4. The number of ether oxygens (including phenoxy) is 2. The van der Waals surface area contributed by atoms with E-state index in [9.17, 15) is 13.6 Å². The molecule has 182 valence electrons. The summed E-state index contributed by atoms with van der Waals surface area (Å²) in [7, 11) is 0. The maximum atomic E-state index is 16.0. The minimum absolute atomic E-state index is 0.130. The number of alkyl halides is 2. The fourth-order valence-electron chi connectivity index (χ4n) is 6.06. The van der Waals surface area contributed by atoms with Crippen molar-refractivity contribution in [1.82, 2.24) is 10.5 Å². The topological polar surface area (TPSA) is 92.4 Å². The summed E-state index contributed by atoms with van der Waals surface area (Å²) in [6.45, 7) is 5.04. The molecule has 0 aliphatic carbocycles. The lowest BCUT2D eigenvalue weighted by atomic mass is 9.68. The zero-order valence-corrected chi connectivity index (χ0v) is 18.6. The number of morpholine rings is 1. The van der Waals surface area contributed by atoms with Crippen molar-refractivity contribution in [2.75, 3.05) is 36.2 Å². The zero-order valence-electron chi connectivity index (χ0n) is 18.6. The van der Waals surface area contributed by atoms with Crippen molar-refractivity contribution >= 4 is 34.8 Å². The number of rotatable bonds is 2. The highest BCUT2D eigenvalue weighted by molar-refractivity contribution is 6.01. The molecule has 1 N–H and O–H groups in total. The van der Waals surface area contributed by atoms with Crippen LogP contribution in [0.3, 0.4) is 0 Å². The Bertz CT molecular complexity index is 1190. The molecular formula is C22H24F3N5O4. The van der Waals surface area contributed by atoms with Gasteiger partial charge < -0.3 is 18.9 Å². The van der Waals surface area contributed by atoms with Crippen molar-refractivity contribution < 1.29 is 32.0 Å². The van der Waals surface area contributed by atoms with E-state index in [0.29, 0.717) is 37.4 Å². The Labute approximate surface area is 192 Å². The summed E-state index contributed by atoms with van der Waals surface area (Å²) >= 11 is 0. The van der Waals surface area contributed by atoms with Crippen molar-refractivity contribution in [3.63, 3.8) is 0 Å². The van der Waals surface area contributed by atoms with Crippen LogP contribution in [0.5, 0.6) is 0 Å². The Morgan fingerprint density at radius 1 is 1.32 bits per heavy atom. The summed E-state index contributed by atoms with van der Waals surface area (Å²) in [6, 6.07) is 0.00365. The summed E-state index contributed by atoms with van der Waals surface area (Å²) in [5.41, 5.74) is 0.420. The van der Waals surface area contributed by atoms with Crippen molar-refractivity contribution in [3.05, 3.63) is 17.4 Å². The number of carbonyl (C=O) groups is 1. The Hall–Kier alpha value is -2.86. The first-order chi connectivity index (χ1) is 16.3. The van der Waals surface area contributed by atoms with Gasteiger partial charge in [0.2, 0.25) is 5.58 Å². The van der Waals surface area contributed by atoms with E-state index in [-0.39, 0.29) is 35.0 Å². The first-order valence-electron chi connectivity index (χ1n) is 11.3. The number of benzene rings is 1. The smallest absolute Gasteiger partial charge is 0.416 e. The lowest BCUT2D eigenvalue weighted by molar-refractivity contribution is -0.0522. The second-order valence-electron chi connectivity index (χ2n) is 9.49. The number of nitrogens with zero attached hydrogens (tertiary/aromatic N) is 4. The monoisotopic (exact) mass is 479 g/mol. The van der Waals surface area contributed by atoms with Gasteiger partial charge in [0.05, 0.1) is 36.0 Å². The van der Waals surface area contributed by atoms with E-state index in [0.717, 1.165) is 4.90 Å². The quantitative estimate of drug-likeness (QED) is 0.708. The van der Waals surface area contributed by atoms with Gasteiger partial charge in [-0.3, -0.25) is 10.3 Å². The molecule has 0 saturated carbocycles. The summed E-state index contributed by atoms with van der Waals surface area (Å²) in [5, 5.41) is 7.29. The molecule has 2 fully saturated rings. The standard InChI is InChI=1S/C22H24F3N5O4/c1-10-5-29-16-12(4-22(7-26-9-27-8-22)18(29)11(2)33-10)3-13-17(15(16)23)34-28-20(13)30-14(19(24)25)6-32-21(30)31/h3,7,10-11,14,18-19,27H,4-6,8-9H2,1-2H3/t10-,11+,14-,18-,22?/m1/s1. The van der Waals surface area contributed by atoms with Crippen LogP contribution in [0, 0.1) is 11.2 Å². The van der Waals surface area contributed by atoms with E-state index in [4.69, 9.17) is 14.0 Å². The molecule has 0 radical (unpaired) electrons. The minimum atomic E-state index is -2.86. The van der Waals surface area contributed by atoms with Crippen LogP contribution in [0.1, 0.15) is 19.4 Å². The predicted molar refractivity (Wildman–Crippen MR) is 116 cm³/mol. The first kappa shape index (κ1) is 21.7. The third-order valence-corrected chi connectivity index (χ3v) is 7.25. The van der Waals surface area contributed by atoms with E-state index in [1.165, 1.54) is 0 Å². The maximum absolute atomic E-state index is 16.0. The number of cyclic esters (lactones) is 1. The number of nitrogens with one attached hydrogen (secondary N) is 1. The van der Waals surface area contributed by atoms with Crippen molar-refractivity contribution in [3.8, 4) is 0 Å². The number of hydrogen-bond acceptors (Lipinski definition) is 8. The normalized spacial score (nSPS) is 33.1. The van der Waals surface area contributed by atoms with E-state index in [1.807, 2.05) is 25.0 Å². The number of fused-ring (bicyclic) bond motifs is 5. The molecule has 9 nitrogen and oxygen atoms in total. The number of carbonyl (C=O) groups excluding carboxylic acids is 1. The van der Waals surface area contributed by atoms with Gasteiger partial charge in [0.25, 0.3) is 6.43 Å². The summed E-state index contributed by atoms with van der Waals surface area (Å²) in [6.07, 6.45) is -1.76. The predicted octanol–water partition coefficient (Wildman–Crippen LogP) is 2.71. The van der Waals surface area contributed by atoms with Gasteiger partial charge in [-0.05, 0) is 31.9 Å². The molecule has 34 heavy (non-hydrogen) atoms.